The molecule has 17 heavy (non-hydrogen) atoms. The van der Waals surface area contributed by atoms with E-state index in [2.05, 4.69) is 67.4 Å². The molecule has 3 heteroatoms. The first-order valence-corrected chi connectivity index (χ1v) is 7.91. The van der Waals surface area contributed by atoms with Gasteiger partial charge in [0.1, 0.15) is 0 Å². The number of rotatable bonds is 5. The lowest BCUT2D eigenvalue weighted by Crippen LogP contribution is -2.20. The minimum Gasteiger partial charge on any atom is -0.312 e. The van der Waals surface area contributed by atoms with Gasteiger partial charge in [0.15, 0.2) is 0 Å². The van der Waals surface area contributed by atoms with Crippen LogP contribution in [0.4, 0.5) is 0 Å². The molecule has 0 spiro atoms. The van der Waals surface area contributed by atoms with Crippen molar-refractivity contribution < 1.29 is 0 Å². The Bertz CT molecular complexity index is 340. The van der Waals surface area contributed by atoms with Crippen LogP contribution in [0.5, 0.6) is 0 Å². The van der Waals surface area contributed by atoms with Crippen LogP contribution in [0.2, 0.25) is 0 Å². The summed E-state index contributed by atoms with van der Waals surface area (Å²) < 4.78 is 1.24. The molecule has 1 nitrogen and oxygen atoms in total. The fourth-order valence-corrected chi connectivity index (χ4v) is 4.21. The first-order chi connectivity index (χ1) is 7.83. The van der Waals surface area contributed by atoms with E-state index in [-0.39, 0.29) is 0 Å². The van der Waals surface area contributed by atoms with E-state index in [1.807, 2.05) is 11.3 Å². The highest BCUT2D eigenvalue weighted by Crippen LogP contribution is 2.35. The summed E-state index contributed by atoms with van der Waals surface area (Å²) in [6.07, 6.45) is 2.47. The fourth-order valence-electron chi connectivity index (χ4n) is 2.44. The Kier molecular flexibility index (Phi) is 5.68. The van der Waals surface area contributed by atoms with Gasteiger partial charge in [0.25, 0.3) is 0 Å². The van der Waals surface area contributed by atoms with Gasteiger partial charge in [-0.15, -0.1) is 11.3 Å². The van der Waals surface area contributed by atoms with Crippen molar-refractivity contribution in [3.05, 3.63) is 20.8 Å². The highest BCUT2D eigenvalue weighted by molar-refractivity contribution is 9.10. The average Bonchev–Trinajstić information content (AvgIpc) is 2.58. The van der Waals surface area contributed by atoms with Crippen molar-refractivity contribution in [1.29, 1.82) is 0 Å². The Morgan fingerprint density at radius 3 is 2.47 bits per heavy atom. The lowest BCUT2D eigenvalue weighted by atomic mass is 9.83. The predicted octanol–water partition coefficient (Wildman–Crippen LogP) is 5.23. The van der Waals surface area contributed by atoms with E-state index >= 15 is 0 Å². The summed E-state index contributed by atoms with van der Waals surface area (Å²) in [6, 6.07) is 2.61. The van der Waals surface area contributed by atoms with Crippen molar-refractivity contribution in [3.8, 4) is 0 Å². The molecule has 0 radical (unpaired) electrons. The maximum Gasteiger partial charge on any atom is 0.0426 e. The third kappa shape index (κ3) is 5.11. The van der Waals surface area contributed by atoms with E-state index in [0.29, 0.717) is 11.5 Å². The van der Waals surface area contributed by atoms with Crippen LogP contribution in [-0.2, 0) is 0 Å². The maximum atomic E-state index is 3.63. The van der Waals surface area contributed by atoms with Gasteiger partial charge in [-0.05, 0) is 58.6 Å². The monoisotopic (exact) mass is 317 g/mol. The van der Waals surface area contributed by atoms with Crippen molar-refractivity contribution in [1.82, 2.24) is 5.32 Å². The lowest BCUT2D eigenvalue weighted by molar-refractivity contribution is 0.279. The van der Waals surface area contributed by atoms with E-state index in [0.717, 1.165) is 5.92 Å². The quantitative estimate of drug-likeness (QED) is 0.783. The SMILES string of the molecule is CNC(CC(C)CC(C)(C)C)c1sccc1Br. The summed E-state index contributed by atoms with van der Waals surface area (Å²) in [5, 5.41) is 5.59. The summed E-state index contributed by atoms with van der Waals surface area (Å²) in [7, 11) is 2.06. The molecule has 0 fully saturated rings. The standard InChI is InChI=1S/C14H24BrNS/c1-10(9-14(2,3)4)8-12(16-5)13-11(15)6-7-17-13/h6-7,10,12,16H,8-9H2,1-5H3. The van der Waals surface area contributed by atoms with Crippen molar-refractivity contribution >= 4 is 27.3 Å². The van der Waals surface area contributed by atoms with Crippen LogP contribution in [0, 0.1) is 11.3 Å². The van der Waals surface area contributed by atoms with Crippen LogP contribution < -0.4 is 5.32 Å². The van der Waals surface area contributed by atoms with E-state index in [4.69, 9.17) is 0 Å². The van der Waals surface area contributed by atoms with Gasteiger partial charge in [0.05, 0.1) is 0 Å². The molecule has 1 aromatic rings. The zero-order chi connectivity index (χ0) is 13.1. The summed E-state index contributed by atoms with van der Waals surface area (Å²) in [5.74, 6) is 0.737. The Hall–Kier alpha value is 0.140. The van der Waals surface area contributed by atoms with Crippen molar-refractivity contribution in [2.75, 3.05) is 7.05 Å². The first kappa shape index (κ1) is 15.2. The Morgan fingerprint density at radius 1 is 1.41 bits per heavy atom. The molecule has 0 bridgehead atoms. The van der Waals surface area contributed by atoms with E-state index < -0.39 is 0 Å². The molecule has 0 amide bonds. The van der Waals surface area contributed by atoms with Crippen LogP contribution in [0.15, 0.2) is 15.9 Å². The smallest absolute Gasteiger partial charge is 0.0426 e. The zero-order valence-electron chi connectivity index (χ0n) is 11.5. The number of hydrogen-bond acceptors (Lipinski definition) is 2. The molecule has 2 unspecified atom stereocenters. The maximum absolute atomic E-state index is 3.63. The second-order valence-electron chi connectivity index (χ2n) is 6.08. The van der Waals surface area contributed by atoms with Crippen LogP contribution in [-0.4, -0.2) is 7.05 Å². The number of thiophene rings is 1. The number of halogens is 1. The fraction of sp³-hybridized carbons (Fsp3) is 0.714. The normalized spacial score (nSPS) is 15.9. The molecule has 0 saturated carbocycles. The predicted molar refractivity (Wildman–Crippen MR) is 81.7 cm³/mol. The molecule has 0 aliphatic carbocycles. The van der Waals surface area contributed by atoms with Gasteiger partial charge >= 0.3 is 0 Å². The lowest BCUT2D eigenvalue weighted by Gasteiger charge is -2.26. The van der Waals surface area contributed by atoms with Crippen LogP contribution in [0.25, 0.3) is 0 Å². The molecule has 1 rings (SSSR count). The molecule has 0 aliphatic heterocycles. The van der Waals surface area contributed by atoms with Crippen LogP contribution in [0.1, 0.15) is 51.5 Å². The van der Waals surface area contributed by atoms with Crippen molar-refractivity contribution in [2.24, 2.45) is 11.3 Å². The molecular weight excluding hydrogens is 294 g/mol. The van der Waals surface area contributed by atoms with Gasteiger partial charge in [0, 0.05) is 15.4 Å². The van der Waals surface area contributed by atoms with E-state index in [9.17, 15) is 0 Å². The van der Waals surface area contributed by atoms with Crippen molar-refractivity contribution in [3.63, 3.8) is 0 Å². The summed E-state index contributed by atoms with van der Waals surface area (Å²) in [6.45, 7) is 9.31. The third-order valence-corrected chi connectivity index (χ3v) is 4.89. The third-order valence-electron chi connectivity index (χ3n) is 2.91. The second-order valence-corrected chi connectivity index (χ2v) is 7.88. The van der Waals surface area contributed by atoms with E-state index in [1.54, 1.807) is 0 Å². The molecule has 2 atom stereocenters. The summed E-state index contributed by atoms with van der Waals surface area (Å²) in [5.41, 5.74) is 0.421. The zero-order valence-corrected chi connectivity index (χ0v) is 13.9. The van der Waals surface area contributed by atoms with Gasteiger partial charge in [-0.1, -0.05) is 27.7 Å². The van der Waals surface area contributed by atoms with Crippen LogP contribution >= 0.6 is 27.3 Å². The van der Waals surface area contributed by atoms with E-state index in [1.165, 1.54) is 22.2 Å². The Morgan fingerprint density at radius 2 is 2.06 bits per heavy atom. The van der Waals surface area contributed by atoms with Gasteiger partial charge in [0.2, 0.25) is 0 Å². The minimum atomic E-state index is 0.421. The topological polar surface area (TPSA) is 12.0 Å². The molecule has 1 aromatic heterocycles. The molecule has 1 heterocycles. The van der Waals surface area contributed by atoms with Gasteiger partial charge in [-0.2, -0.15) is 0 Å². The van der Waals surface area contributed by atoms with Gasteiger partial charge in [-0.3, -0.25) is 0 Å². The van der Waals surface area contributed by atoms with Gasteiger partial charge < -0.3 is 5.32 Å². The molecular formula is C14H24BrNS. The molecule has 0 saturated heterocycles. The summed E-state index contributed by atoms with van der Waals surface area (Å²) >= 11 is 5.46. The number of nitrogens with one attached hydrogen (secondary N) is 1. The number of hydrogen-bond donors (Lipinski definition) is 1. The average molecular weight is 318 g/mol. The second kappa shape index (κ2) is 6.35. The van der Waals surface area contributed by atoms with Gasteiger partial charge in [-0.25, -0.2) is 0 Å². The highest BCUT2D eigenvalue weighted by atomic mass is 79.9. The summed E-state index contributed by atoms with van der Waals surface area (Å²) in [4.78, 5) is 1.42. The first-order valence-electron chi connectivity index (χ1n) is 6.23. The largest absolute Gasteiger partial charge is 0.312 e. The highest BCUT2D eigenvalue weighted by Gasteiger charge is 2.21. The van der Waals surface area contributed by atoms with Crippen molar-refractivity contribution in [2.45, 2.75) is 46.6 Å². The molecule has 0 aromatic carbocycles. The van der Waals surface area contributed by atoms with Crippen LogP contribution in [0.3, 0.4) is 0 Å². The molecule has 0 aliphatic rings. The Balaban J connectivity index is 2.62. The minimum absolute atomic E-state index is 0.421. The Labute approximate surface area is 118 Å². The molecule has 98 valence electrons. The molecule has 1 N–H and O–H groups in total.